The Kier molecular flexibility index (Phi) is 4.90. The lowest BCUT2D eigenvalue weighted by atomic mass is 9.86. The summed E-state index contributed by atoms with van der Waals surface area (Å²) in [6.07, 6.45) is 7.41. The number of nitrogens with two attached hydrogens (primary N) is 1. The smallest absolute Gasteiger partial charge is 0.432 e. The highest BCUT2D eigenvalue weighted by atomic mass is 16.7. The second-order valence-corrected chi connectivity index (χ2v) is 7.70. The molecule has 3 heterocycles. The fourth-order valence-corrected chi connectivity index (χ4v) is 4.06. The van der Waals surface area contributed by atoms with Gasteiger partial charge in [-0.15, -0.1) is 0 Å². The molecule has 1 saturated heterocycles. The van der Waals surface area contributed by atoms with Crippen molar-refractivity contribution in [2.24, 2.45) is 0 Å². The normalized spacial score (nSPS) is 24.8. The first-order valence-electron chi connectivity index (χ1n) is 9.63. The number of aromatic nitrogens is 3. The number of hydrogen-bond donors (Lipinski definition) is 1. The molecule has 2 atom stereocenters. The summed E-state index contributed by atoms with van der Waals surface area (Å²) < 4.78 is 18.7. The molecule has 8 nitrogen and oxygen atoms in total. The summed E-state index contributed by atoms with van der Waals surface area (Å²) in [5.74, 6) is 0.438. The number of rotatable bonds is 4. The molecule has 0 amide bonds. The van der Waals surface area contributed by atoms with E-state index in [1.54, 1.807) is 4.52 Å². The van der Waals surface area contributed by atoms with Crippen LogP contribution < -0.4 is 5.73 Å². The number of hydrogen-bond acceptors (Lipinski definition) is 7. The van der Waals surface area contributed by atoms with Crippen molar-refractivity contribution in [3.63, 3.8) is 0 Å². The van der Waals surface area contributed by atoms with Gasteiger partial charge in [-0.25, -0.2) is 14.3 Å². The molecule has 0 aromatic carbocycles. The Bertz CT molecular complexity index is 815. The Balaban J connectivity index is 1.30. The Morgan fingerprint density at radius 2 is 2.15 bits per heavy atom. The Labute approximate surface area is 158 Å². The molecule has 27 heavy (non-hydrogen) atoms. The molecule has 1 aliphatic heterocycles. The second-order valence-electron chi connectivity index (χ2n) is 7.70. The van der Waals surface area contributed by atoms with Crippen molar-refractivity contribution < 1.29 is 19.0 Å². The summed E-state index contributed by atoms with van der Waals surface area (Å²) >= 11 is 0. The maximum absolute atomic E-state index is 12.1. The van der Waals surface area contributed by atoms with Crippen molar-refractivity contribution in [3.05, 3.63) is 24.2 Å². The monoisotopic (exact) mass is 374 g/mol. The van der Waals surface area contributed by atoms with Gasteiger partial charge in [0.2, 0.25) is 0 Å². The van der Waals surface area contributed by atoms with Gasteiger partial charge in [-0.2, -0.15) is 5.10 Å². The maximum Gasteiger partial charge on any atom is 0.508 e. The molecule has 1 saturated carbocycles. The molecule has 0 bridgehead atoms. The molecule has 2 fully saturated rings. The molecule has 2 unspecified atom stereocenters. The van der Waals surface area contributed by atoms with E-state index in [1.165, 1.54) is 12.7 Å². The summed E-state index contributed by atoms with van der Waals surface area (Å²) in [6.45, 7) is 2.19. The van der Waals surface area contributed by atoms with Crippen LogP contribution in [-0.2, 0) is 14.2 Å². The molecule has 2 aliphatic rings. The number of nitrogens with zero attached hydrogens (tertiary/aromatic N) is 3. The molecule has 2 N–H and O–H groups in total. The molecule has 8 heteroatoms. The summed E-state index contributed by atoms with van der Waals surface area (Å²) in [5.41, 5.74) is 7.18. The minimum atomic E-state index is -0.597. The standard InChI is InChI=1S/C19H26N4O4/c1-19(9-3-2-4-10-19)27-18(24)25-11-13-5-8-16(26-13)14-6-7-15-17(20)21-12-22-23(14)15/h6-7,12-13,16H,2-5,8-11H2,1H3,(H2,20,21,22). The first kappa shape index (κ1) is 18.0. The van der Waals surface area contributed by atoms with Gasteiger partial charge in [0.15, 0.2) is 5.82 Å². The lowest BCUT2D eigenvalue weighted by molar-refractivity contribution is -0.0625. The highest BCUT2D eigenvalue weighted by Gasteiger charge is 2.33. The molecule has 0 radical (unpaired) electrons. The molecule has 146 valence electrons. The van der Waals surface area contributed by atoms with Crippen LogP contribution in [0.1, 0.15) is 63.7 Å². The van der Waals surface area contributed by atoms with Crippen molar-refractivity contribution in [1.29, 1.82) is 0 Å². The lowest BCUT2D eigenvalue weighted by Crippen LogP contribution is -2.34. The van der Waals surface area contributed by atoms with Crippen LogP contribution in [0, 0.1) is 0 Å². The molecule has 1 aliphatic carbocycles. The topological polar surface area (TPSA) is 101 Å². The van der Waals surface area contributed by atoms with E-state index in [0.29, 0.717) is 5.82 Å². The van der Waals surface area contributed by atoms with Gasteiger partial charge < -0.3 is 19.9 Å². The Hall–Kier alpha value is -2.35. The van der Waals surface area contributed by atoms with E-state index in [4.69, 9.17) is 19.9 Å². The molecule has 0 spiro atoms. The Morgan fingerprint density at radius 3 is 2.96 bits per heavy atom. The van der Waals surface area contributed by atoms with Crippen molar-refractivity contribution in [1.82, 2.24) is 14.6 Å². The Morgan fingerprint density at radius 1 is 1.33 bits per heavy atom. The van der Waals surface area contributed by atoms with Crippen LogP contribution in [-0.4, -0.2) is 39.1 Å². The van der Waals surface area contributed by atoms with E-state index in [1.807, 2.05) is 19.1 Å². The van der Waals surface area contributed by atoms with Gasteiger partial charge in [0.05, 0.1) is 11.8 Å². The zero-order chi connectivity index (χ0) is 18.9. The van der Waals surface area contributed by atoms with Crippen molar-refractivity contribution in [3.8, 4) is 0 Å². The second kappa shape index (κ2) is 7.34. The molecule has 4 rings (SSSR count). The summed E-state index contributed by atoms with van der Waals surface area (Å²) in [7, 11) is 0. The van der Waals surface area contributed by atoms with Crippen molar-refractivity contribution >= 4 is 17.5 Å². The van der Waals surface area contributed by atoms with Gasteiger partial charge >= 0.3 is 6.16 Å². The van der Waals surface area contributed by atoms with Crippen LogP contribution in [0.3, 0.4) is 0 Å². The zero-order valence-corrected chi connectivity index (χ0v) is 15.6. The molecular weight excluding hydrogens is 348 g/mol. The first-order valence-corrected chi connectivity index (χ1v) is 9.63. The predicted octanol–water partition coefficient (Wildman–Crippen LogP) is 3.41. The average Bonchev–Trinajstić information content (AvgIpc) is 3.27. The van der Waals surface area contributed by atoms with Crippen LogP contribution in [0.4, 0.5) is 10.6 Å². The number of ether oxygens (including phenoxy) is 3. The van der Waals surface area contributed by atoms with Gasteiger partial charge in [-0.05, 0) is 57.6 Å². The molecule has 2 aromatic rings. The van der Waals surface area contributed by atoms with E-state index in [9.17, 15) is 4.79 Å². The lowest BCUT2D eigenvalue weighted by Gasteiger charge is -2.32. The number of fused-ring (bicyclic) bond motifs is 1. The largest absolute Gasteiger partial charge is 0.508 e. The third kappa shape index (κ3) is 3.85. The number of nitrogen functional groups attached to an aromatic ring is 1. The third-order valence-corrected chi connectivity index (χ3v) is 5.58. The quantitative estimate of drug-likeness (QED) is 0.818. The van der Waals surface area contributed by atoms with Gasteiger partial charge in [-0.1, -0.05) is 6.42 Å². The number of carbonyl (C=O) groups is 1. The molecule has 2 aromatic heterocycles. The minimum Gasteiger partial charge on any atom is -0.432 e. The SMILES string of the molecule is CC1(OC(=O)OCC2CCC(c3ccc4c(N)ncnn34)O2)CCCCC1. The van der Waals surface area contributed by atoms with Crippen LogP contribution in [0.5, 0.6) is 0 Å². The van der Waals surface area contributed by atoms with Gasteiger partial charge in [0, 0.05) is 0 Å². The van der Waals surface area contributed by atoms with Crippen molar-refractivity contribution in [2.75, 3.05) is 12.3 Å². The summed E-state index contributed by atoms with van der Waals surface area (Å²) in [5, 5.41) is 4.26. The van der Waals surface area contributed by atoms with Crippen LogP contribution in [0.25, 0.3) is 5.52 Å². The summed E-state index contributed by atoms with van der Waals surface area (Å²) in [6, 6.07) is 3.84. The van der Waals surface area contributed by atoms with Crippen LogP contribution in [0.2, 0.25) is 0 Å². The van der Waals surface area contributed by atoms with Crippen LogP contribution in [0.15, 0.2) is 18.5 Å². The highest BCUT2D eigenvalue weighted by molar-refractivity contribution is 5.65. The maximum atomic E-state index is 12.1. The fraction of sp³-hybridized carbons (Fsp3) is 0.632. The van der Waals surface area contributed by atoms with Gasteiger partial charge in [-0.3, -0.25) is 0 Å². The molecular formula is C19H26N4O4. The summed E-state index contributed by atoms with van der Waals surface area (Å²) in [4.78, 5) is 16.1. The van der Waals surface area contributed by atoms with Crippen LogP contribution >= 0.6 is 0 Å². The predicted molar refractivity (Wildman–Crippen MR) is 98.2 cm³/mol. The third-order valence-electron chi connectivity index (χ3n) is 5.58. The fourth-order valence-electron chi connectivity index (χ4n) is 4.06. The highest BCUT2D eigenvalue weighted by Crippen LogP contribution is 2.34. The average molecular weight is 374 g/mol. The van der Waals surface area contributed by atoms with E-state index in [0.717, 1.165) is 49.7 Å². The van der Waals surface area contributed by atoms with Gasteiger partial charge in [0.25, 0.3) is 0 Å². The van der Waals surface area contributed by atoms with E-state index < -0.39 is 6.16 Å². The number of carbonyl (C=O) groups excluding carboxylic acids is 1. The van der Waals surface area contributed by atoms with Crippen molar-refractivity contribution in [2.45, 2.75) is 69.7 Å². The minimum absolute atomic E-state index is 0.109. The van der Waals surface area contributed by atoms with E-state index in [-0.39, 0.29) is 24.4 Å². The van der Waals surface area contributed by atoms with Gasteiger partial charge in [0.1, 0.15) is 30.2 Å². The first-order chi connectivity index (χ1) is 13.0. The zero-order valence-electron chi connectivity index (χ0n) is 15.6. The number of anilines is 1. The van der Waals surface area contributed by atoms with E-state index >= 15 is 0 Å². The van der Waals surface area contributed by atoms with E-state index in [2.05, 4.69) is 10.1 Å².